The zero-order valence-electron chi connectivity index (χ0n) is 7.56. The molecule has 2 aliphatic heterocycles. The van der Waals surface area contributed by atoms with Crippen LogP contribution in [0.4, 0.5) is 0 Å². The van der Waals surface area contributed by atoms with Gasteiger partial charge >= 0.3 is 0 Å². The van der Waals surface area contributed by atoms with Gasteiger partial charge in [0.2, 0.25) is 11.0 Å². The molecule has 0 radical (unpaired) electrons. The van der Waals surface area contributed by atoms with E-state index in [0.29, 0.717) is 5.70 Å². The fourth-order valence-electron chi connectivity index (χ4n) is 1.67. The number of fused-ring (bicyclic) bond motifs is 1. The van der Waals surface area contributed by atoms with Gasteiger partial charge in [-0.25, -0.2) is 0 Å². The molecule has 76 valence electrons. The van der Waals surface area contributed by atoms with Crippen LogP contribution in [-0.4, -0.2) is 33.1 Å². The van der Waals surface area contributed by atoms with Crippen molar-refractivity contribution in [1.82, 2.24) is 4.90 Å². The minimum atomic E-state index is -0.462. The van der Waals surface area contributed by atoms with Crippen LogP contribution in [0.1, 0.15) is 6.92 Å². The summed E-state index contributed by atoms with van der Waals surface area (Å²) in [5.74, 6) is 0.558. The van der Waals surface area contributed by atoms with Gasteiger partial charge in [0.25, 0.3) is 0 Å². The molecular formula is C8H10N2O2S2. The summed E-state index contributed by atoms with van der Waals surface area (Å²) in [6, 6.07) is -0.462. The fraction of sp³-hybridized carbons (Fsp3) is 0.500. The zero-order valence-corrected chi connectivity index (χ0v) is 9.27. The van der Waals surface area contributed by atoms with Gasteiger partial charge in [0.1, 0.15) is 11.4 Å². The van der Waals surface area contributed by atoms with Crippen molar-refractivity contribution in [3.8, 4) is 0 Å². The van der Waals surface area contributed by atoms with E-state index in [1.54, 1.807) is 11.8 Å². The highest BCUT2D eigenvalue weighted by Gasteiger charge is 2.50. The number of nitrogens with zero attached hydrogens (tertiary/aromatic N) is 1. The Hall–Kier alpha value is -0.460. The number of thiol groups is 1. The van der Waals surface area contributed by atoms with Crippen LogP contribution in [-0.2, 0) is 9.59 Å². The molecule has 6 heteroatoms. The normalized spacial score (nSPS) is 31.4. The van der Waals surface area contributed by atoms with Crippen molar-refractivity contribution in [2.24, 2.45) is 5.73 Å². The maximum Gasteiger partial charge on any atom is 0.248 e. The predicted octanol–water partition coefficient (Wildman–Crippen LogP) is -0.0408. The summed E-state index contributed by atoms with van der Waals surface area (Å²) >= 11 is 5.35. The second kappa shape index (κ2) is 3.29. The first-order valence-electron chi connectivity index (χ1n) is 4.17. The van der Waals surface area contributed by atoms with Gasteiger partial charge in [0.15, 0.2) is 0 Å². The first-order valence-corrected chi connectivity index (χ1v) is 5.67. The van der Waals surface area contributed by atoms with E-state index in [9.17, 15) is 9.59 Å². The lowest BCUT2D eigenvalue weighted by Gasteiger charge is -2.48. The van der Waals surface area contributed by atoms with Gasteiger partial charge in [0.05, 0.1) is 5.70 Å². The van der Waals surface area contributed by atoms with E-state index in [4.69, 9.17) is 5.73 Å². The predicted molar refractivity (Wildman–Crippen MR) is 57.8 cm³/mol. The SMILES string of the molecule is CC1=C(C(=O)S)N2C(=O)C(N)[C@H]2SC1. The number of hydrogen-bond donors (Lipinski definition) is 2. The lowest BCUT2D eigenvalue weighted by Crippen LogP contribution is -2.68. The largest absolute Gasteiger partial charge is 0.317 e. The summed E-state index contributed by atoms with van der Waals surface area (Å²) in [6.45, 7) is 1.84. The second-order valence-electron chi connectivity index (χ2n) is 3.37. The van der Waals surface area contributed by atoms with Gasteiger partial charge in [-0.05, 0) is 12.5 Å². The summed E-state index contributed by atoms with van der Waals surface area (Å²) in [5.41, 5.74) is 6.93. The zero-order chi connectivity index (χ0) is 10.5. The lowest BCUT2D eigenvalue weighted by atomic mass is 10.1. The molecule has 1 fully saturated rings. The van der Waals surface area contributed by atoms with E-state index < -0.39 is 6.04 Å². The van der Waals surface area contributed by atoms with Crippen molar-refractivity contribution in [3.05, 3.63) is 11.3 Å². The van der Waals surface area contributed by atoms with Crippen LogP contribution in [0.5, 0.6) is 0 Å². The third-order valence-corrected chi connectivity index (χ3v) is 4.06. The van der Waals surface area contributed by atoms with Gasteiger partial charge in [0, 0.05) is 5.75 Å². The number of thioether (sulfide) groups is 1. The number of rotatable bonds is 1. The Kier molecular flexibility index (Phi) is 2.36. The summed E-state index contributed by atoms with van der Waals surface area (Å²) in [7, 11) is 0. The van der Waals surface area contributed by atoms with Gasteiger partial charge in [-0.1, -0.05) is 12.6 Å². The Morgan fingerprint density at radius 2 is 2.36 bits per heavy atom. The lowest BCUT2D eigenvalue weighted by molar-refractivity contribution is -0.142. The Morgan fingerprint density at radius 3 is 2.93 bits per heavy atom. The van der Waals surface area contributed by atoms with Crippen LogP contribution in [0.2, 0.25) is 0 Å². The van der Waals surface area contributed by atoms with Gasteiger partial charge in [-0.3, -0.25) is 14.5 Å². The summed E-state index contributed by atoms with van der Waals surface area (Å²) < 4.78 is 0. The van der Waals surface area contributed by atoms with E-state index in [0.717, 1.165) is 11.3 Å². The highest BCUT2D eigenvalue weighted by atomic mass is 32.2. The van der Waals surface area contributed by atoms with Crippen LogP contribution >= 0.6 is 24.4 Å². The maximum atomic E-state index is 11.4. The van der Waals surface area contributed by atoms with E-state index >= 15 is 0 Å². The highest BCUT2D eigenvalue weighted by molar-refractivity contribution is 8.00. The molecule has 0 aromatic rings. The smallest absolute Gasteiger partial charge is 0.248 e. The fourth-order valence-corrected chi connectivity index (χ4v) is 3.21. The molecule has 4 nitrogen and oxygen atoms in total. The third kappa shape index (κ3) is 1.21. The van der Waals surface area contributed by atoms with E-state index in [2.05, 4.69) is 12.6 Å². The third-order valence-electron chi connectivity index (χ3n) is 2.40. The molecule has 0 spiro atoms. The minimum Gasteiger partial charge on any atom is -0.317 e. The van der Waals surface area contributed by atoms with E-state index in [1.165, 1.54) is 4.90 Å². The molecule has 2 aliphatic rings. The maximum absolute atomic E-state index is 11.4. The van der Waals surface area contributed by atoms with Crippen molar-refractivity contribution < 1.29 is 9.59 Å². The molecule has 1 saturated heterocycles. The molecule has 0 aromatic heterocycles. The summed E-state index contributed by atoms with van der Waals surface area (Å²) in [6.07, 6.45) is 0. The molecule has 1 amide bonds. The molecule has 14 heavy (non-hydrogen) atoms. The highest BCUT2D eigenvalue weighted by Crippen LogP contribution is 2.39. The Bertz CT molecular complexity index is 353. The van der Waals surface area contributed by atoms with Gasteiger partial charge < -0.3 is 5.73 Å². The van der Waals surface area contributed by atoms with Crippen LogP contribution in [0, 0.1) is 0 Å². The van der Waals surface area contributed by atoms with E-state index in [-0.39, 0.29) is 16.4 Å². The molecular weight excluding hydrogens is 220 g/mol. The molecule has 2 heterocycles. The van der Waals surface area contributed by atoms with Crippen molar-refractivity contribution in [1.29, 1.82) is 0 Å². The first-order chi connectivity index (χ1) is 6.54. The number of carbonyl (C=O) groups is 2. The molecule has 0 aliphatic carbocycles. The van der Waals surface area contributed by atoms with Gasteiger partial charge in [-0.2, -0.15) is 0 Å². The first kappa shape index (κ1) is 10.1. The number of hydrogen-bond acceptors (Lipinski definition) is 4. The van der Waals surface area contributed by atoms with Crippen LogP contribution in [0.25, 0.3) is 0 Å². The van der Waals surface area contributed by atoms with Crippen LogP contribution in [0.15, 0.2) is 11.3 Å². The molecule has 0 bridgehead atoms. The van der Waals surface area contributed by atoms with Crippen molar-refractivity contribution in [3.63, 3.8) is 0 Å². The topological polar surface area (TPSA) is 63.4 Å². The Balaban J connectivity index is 2.37. The average molecular weight is 230 g/mol. The molecule has 2 rings (SSSR count). The monoisotopic (exact) mass is 230 g/mol. The number of amides is 1. The summed E-state index contributed by atoms with van der Waals surface area (Å²) in [4.78, 5) is 24.1. The van der Waals surface area contributed by atoms with Crippen molar-refractivity contribution in [2.75, 3.05) is 5.75 Å². The molecule has 0 aromatic carbocycles. The Morgan fingerprint density at radius 1 is 1.71 bits per heavy atom. The second-order valence-corrected chi connectivity index (χ2v) is 4.88. The van der Waals surface area contributed by atoms with Crippen LogP contribution in [0.3, 0.4) is 0 Å². The van der Waals surface area contributed by atoms with Crippen LogP contribution < -0.4 is 5.73 Å². The number of carbonyl (C=O) groups excluding carboxylic acids is 2. The van der Waals surface area contributed by atoms with Gasteiger partial charge in [-0.15, -0.1) is 11.8 Å². The minimum absolute atomic E-state index is 0.0719. The molecule has 1 unspecified atom stereocenters. The van der Waals surface area contributed by atoms with Crippen molar-refractivity contribution >= 4 is 35.4 Å². The average Bonchev–Trinajstić information content (AvgIpc) is 2.15. The summed E-state index contributed by atoms with van der Waals surface area (Å²) in [5, 5.41) is -0.426. The standard InChI is InChI=1S/C8H10N2O2S2/c1-3-2-14-7-4(9)6(11)10(7)5(3)8(12)13/h4,7H,2,9H2,1H3,(H,12,13)/t4?,7-/m1/s1. The van der Waals surface area contributed by atoms with Crippen molar-refractivity contribution in [2.45, 2.75) is 18.3 Å². The quantitative estimate of drug-likeness (QED) is 0.490. The number of nitrogens with two attached hydrogens (primary N) is 1. The molecule has 2 atom stereocenters. The molecule has 0 saturated carbocycles. The van der Waals surface area contributed by atoms with E-state index in [1.807, 2.05) is 6.92 Å². The molecule has 2 N–H and O–H groups in total. The number of β-lactam (4-membered cyclic amide) rings is 1. The Labute approximate surface area is 91.3 Å².